The number of aromatic nitrogens is 2. The molecule has 2 saturated carbocycles. The van der Waals surface area contributed by atoms with E-state index in [2.05, 4.69) is 39.7 Å². The van der Waals surface area contributed by atoms with E-state index >= 15 is 8.78 Å². The molecule has 7 heterocycles. The first kappa shape index (κ1) is 69.7. The molecule has 3 saturated heterocycles. The molecule has 31 heteroatoms. The highest BCUT2D eigenvalue weighted by Gasteiger charge is 2.47. The van der Waals surface area contributed by atoms with Crippen molar-refractivity contribution >= 4 is 145 Å². The number of sulfone groups is 1. The number of amides is 9. The summed E-state index contributed by atoms with van der Waals surface area (Å²) in [6, 6.07) is 22.2. The average Bonchev–Trinajstić information content (AvgIpc) is 1.45. The van der Waals surface area contributed by atoms with E-state index in [9.17, 15) is 56.4 Å². The minimum absolute atomic E-state index is 0.0789. The number of hydrazine groups is 1. The van der Waals surface area contributed by atoms with Gasteiger partial charge in [-0.3, -0.25) is 48.3 Å². The summed E-state index contributed by atoms with van der Waals surface area (Å²) in [5.41, 5.74) is 10.7. The molecule has 9 amide bonds. The van der Waals surface area contributed by atoms with Crippen LogP contribution in [0.3, 0.4) is 0 Å². The number of nitrogens with one attached hydrogen (secondary N) is 5. The second-order valence-electron chi connectivity index (χ2n) is 27.5. The Balaban J connectivity index is 0.000000174. The SMILES string of the molecule is CC(=O)c1cn(CC(=O)N2C[Si](C)(C)C[C@H]2C(=O)Nc2cccc(-c3ccc4c(c3Cl)CNC4=O)c2F)c2ccc(C(=O)CS(=O)(=O)C3CC3)cc12.NC(=O)n1cc(N2CCN3CC[C@@H](C(=O)Nc4cccc(-c5ccc6c(c5Cl)CNC6=O)c4F)N3C2=O)c2ccc(NC(=O)OCC3CC3)cc21. The van der Waals surface area contributed by atoms with Crippen LogP contribution in [0.4, 0.5) is 45.9 Å². The van der Waals surface area contributed by atoms with E-state index in [0.717, 1.165) is 12.8 Å². The van der Waals surface area contributed by atoms with Gasteiger partial charge in [0.2, 0.25) is 17.7 Å². The van der Waals surface area contributed by atoms with E-state index in [-0.39, 0.29) is 93.4 Å². The summed E-state index contributed by atoms with van der Waals surface area (Å²) in [4.78, 5) is 133. The fourth-order valence-corrected chi connectivity index (χ4v) is 19.3. The summed E-state index contributed by atoms with van der Waals surface area (Å²) < 4.78 is 64.9. The van der Waals surface area contributed by atoms with Gasteiger partial charge in [-0.2, -0.15) is 0 Å². The molecule has 7 aliphatic rings. The molecule has 532 valence electrons. The third-order valence-corrected chi connectivity index (χ3v) is 25.5. The van der Waals surface area contributed by atoms with Crippen LogP contribution in [-0.4, -0.2) is 155 Å². The standard InChI is InChI=1S/C37H36ClFN4O7SSi.C35H32ClFN8O6/c1-20(44)28-15-42(30-12-7-21(13-26(28)30)32(45)17-51(49,50)22-8-9-22)16-33(46)43-19-52(2,3)18-31(43)37(48)41-29-6-4-5-24(35(29)39)23-10-11-25-27(34(23)38)14-40-36(25)47;36-29-20(8-9-22-24(29)15-39-31(22)46)21-2-1-3-25(30(21)37)41-32(47)26-10-11-42-12-13-43(35(50)45(26)42)28-16-44(33(38)48)27-14-19(6-7-23(27)28)40-34(49)51-17-18-4-5-18/h4-7,10-13,15,22,31H,8-9,14,16-19H2,1-3H3,(H,40,47)(H,41,48);1-3,6-9,14,16,18,26H,4-5,10-13,15,17H2,(H2,38,48)(H,39,46)(H,40,49)(H,41,47)/t31-;26-/m00/s1. The van der Waals surface area contributed by atoms with Gasteiger partial charge in [-0.15, -0.1) is 0 Å². The normalized spacial score (nSPS) is 18.2. The highest BCUT2D eigenvalue weighted by molar-refractivity contribution is 7.93. The second-order valence-corrected chi connectivity index (χ2v) is 35.6. The molecule has 0 radical (unpaired) electrons. The van der Waals surface area contributed by atoms with Gasteiger partial charge in [0, 0.05) is 129 Å². The van der Waals surface area contributed by atoms with Crippen molar-refractivity contribution < 1.29 is 69.9 Å². The average molecular weight is 1480 g/mol. The Hall–Kier alpha value is -10.3. The Labute approximate surface area is 598 Å². The Morgan fingerprint density at radius 3 is 1.88 bits per heavy atom. The van der Waals surface area contributed by atoms with Crippen LogP contribution in [-0.2, 0) is 48.6 Å². The fraction of sp³-hybridized carbons (Fsp3) is 0.306. The lowest BCUT2D eigenvalue weighted by Gasteiger charge is -2.41. The zero-order valence-corrected chi connectivity index (χ0v) is 59.1. The van der Waals surface area contributed by atoms with Gasteiger partial charge in [-0.25, -0.2) is 41.6 Å². The first-order valence-corrected chi connectivity index (χ1v) is 39.3. The Morgan fingerprint density at radius 2 is 1.29 bits per heavy atom. The number of carbonyl (C=O) groups excluding carboxylic acids is 10. The van der Waals surface area contributed by atoms with Crippen LogP contribution >= 0.6 is 23.2 Å². The number of nitrogens with zero attached hydrogens (tertiary/aromatic N) is 6. The number of ether oxygens (including phenoxy) is 1. The fourth-order valence-electron chi connectivity index (χ4n) is 14.1. The summed E-state index contributed by atoms with van der Waals surface area (Å²) in [5.74, 6) is -4.48. The second kappa shape index (κ2) is 27.1. The van der Waals surface area contributed by atoms with Crippen LogP contribution in [0.25, 0.3) is 44.1 Å². The first-order valence-electron chi connectivity index (χ1n) is 33.4. The molecule has 7 N–H and O–H groups in total. The maximum atomic E-state index is 16.0. The predicted octanol–water partition coefficient (Wildman–Crippen LogP) is 10.5. The van der Waals surface area contributed by atoms with Gasteiger partial charge in [-0.05, 0) is 112 Å². The molecule has 6 aromatic carbocycles. The third-order valence-electron chi connectivity index (χ3n) is 19.8. The molecule has 25 nitrogen and oxygen atoms in total. The number of ketones is 2. The highest BCUT2D eigenvalue weighted by Crippen LogP contribution is 2.42. The lowest BCUT2D eigenvalue weighted by molar-refractivity contribution is -0.136. The van der Waals surface area contributed by atoms with Gasteiger partial charge in [0.25, 0.3) is 11.8 Å². The summed E-state index contributed by atoms with van der Waals surface area (Å²) >= 11 is 13.2. The Morgan fingerprint density at radius 1 is 0.680 bits per heavy atom. The van der Waals surface area contributed by atoms with Gasteiger partial charge < -0.3 is 41.2 Å². The summed E-state index contributed by atoms with van der Waals surface area (Å²) in [7, 11) is -5.63. The minimum Gasteiger partial charge on any atom is -0.449 e. The van der Waals surface area contributed by atoms with Crippen LogP contribution < -0.4 is 37.2 Å². The maximum absolute atomic E-state index is 16.0. The van der Waals surface area contributed by atoms with Crippen LogP contribution in [0, 0.1) is 17.6 Å². The summed E-state index contributed by atoms with van der Waals surface area (Å²) in [5, 5.41) is 17.5. The number of benzene rings is 6. The molecule has 0 unspecified atom stereocenters. The molecule has 5 aliphatic heterocycles. The number of anilines is 4. The molecule has 5 fully saturated rings. The monoisotopic (exact) mass is 1480 g/mol. The number of urea groups is 1. The number of fused-ring (bicyclic) bond motifs is 5. The molecule has 2 aromatic heterocycles. The van der Waals surface area contributed by atoms with Gasteiger partial charge >= 0.3 is 18.2 Å². The van der Waals surface area contributed by atoms with E-state index in [1.807, 2.05) is 0 Å². The summed E-state index contributed by atoms with van der Waals surface area (Å²) in [6.45, 7) is 7.17. The lowest BCUT2D eigenvalue weighted by Crippen LogP contribution is -2.60. The zero-order valence-electron chi connectivity index (χ0n) is 55.8. The minimum atomic E-state index is -3.54. The summed E-state index contributed by atoms with van der Waals surface area (Å²) in [6.07, 6.45) is 6.24. The molecule has 103 heavy (non-hydrogen) atoms. The molecule has 15 rings (SSSR count). The molecule has 0 bridgehead atoms. The van der Waals surface area contributed by atoms with Crippen molar-refractivity contribution in [2.45, 2.75) is 95.1 Å². The largest absolute Gasteiger partial charge is 0.449 e. The van der Waals surface area contributed by atoms with Crippen molar-refractivity contribution in [3.8, 4) is 22.3 Å². The third kappa shape index (κ3) is 13.5. The Kier molecular flexibility index (Phi) is 18.4. The van der Waals surface area contributed by atoms with Crippen molar-refractivity contribution in [2.24, 2.45) is 11.7 Å². The predicted molar refractivity (Wildman–Crippen MR) is 383 cm³/mol. The Bertz CT molecular complexity index is 5160. The molecular weight excluding hydrogens is 1410 g/mol. The van der Waals surface area contributed by atoms with Gasteiger partial charge in [0.1, 0.15) is 24.4 Å². The lowest BCUT2D eigenvalue weighted by atomic mass is 9.99. The van der Waals surface area contributed by atoms with Gasteiger partial charge in [-0.1, -0.05) is 72.7 Å². The van der Waals surface area contributed by atoms with Crippen molar-refractivity contribution in [3.63, 3.8) is 0 Å². The molecule has 0 spiro atoms. The van der Waals surface area contributed by atoms with E-state index < -0.39 is 88.4 Å². The number of hydrogen-bond acceptors (Lipinski definition) is 14. The highest BCUT2D eigenvalue weighted by atomic mass is 35.5. The number of carbonyl (C=O) groups is 10. The number of hydrogen-bond donors (Lipinski definition) is 6. The number of Topliss-reactive ketones (excluding diaryl/α,β-unsaturated/α-hetero) is 2. The van der Waals surface area contributed by atoms with Crippen molar-refractivity contribution in [1.29, 1.82) is 0 Å². The molecular formula is C72H68Cl2F2N12O13SSi. The van der Waals surface area contributed by atoms with Crippen LogP contribution in [0.1, 0.15) is 91.6 Å². The maximum Gasteiger partial charge on any atom is 0.411 e. The first-order chi connectivity index (χ1) is 49.1. The van der Waals surface area contributed by atoms with E-state index in [0.29, 0.717) is 124 Å². The van der Waals surface area contributed by atoms with Crippen LogP contribution in [0.5, 0.6) is 0 Å². The number of primary amides is 1. The molecule has 2 aliphatic carbocycles. The zero-order chi connectivity index (χ0) is 72.8. The van der Waals surface area contributed by atoms with Crippen LogP contribution in [0.15, 0.2) is 109 Å². The smallest absolute Gasteiger partial charge is 0.411 e. The van der Waals surface area contributed by atoms with Crippen molar-refractivity contribution in [3.05, 3.63) is 165 Å². The number of nitrogens with two attached hydrogens (primary N) is 1. The van der Waals surface area contributed by atoms with E-state index in [1.165, 1.54) is 75.1 Å². The van der Waals surface area contributed by atoms with Crippen LogP contribution in [0.2, 0.25) is 29.2 Å². The van der Waals surface area contributed by atoms with Gasteiger partial charge in [0.05, 0.1) is 52.6 Å². The van der Waals surface area contributed by atoms with Crippen molar-refractivity contribution in [1.82, 2.24) is 34.7 Å². The van der Waals surface area contributed by atoms with Gasteiger partial charge in [0.15, 0.2) is 33.0 Å². The number of halogens is 4. The molecule has 8 aromatic rings. The van der Waals surface area contributed by atoms with E-state index in [4.69, 9.17) is 33.7 Å². The number of rotatable bonds is 17. The topological polar surface area (TPSA) is 323 Å². The van der Waals surface area contributed by atoms with E-state index in [1.54, 1.807) is 70.2 Å². The molecule has 2 atom stereocenters. The van der Waals surface area contributed by atoms with Crippen molar-refractivity contribution in [2.75, 3.05) is 59.0 Å². The quantitative estimate of drug-likeness (QED) is 0.0365.